The van der Waals surface area contributed by atoms with Crippen molar-refractivity contribution < 1.29 is 19.1 Å². The molecular formula is C24H24N4O4. The number of nitrogens with one attached hydrogen (secondary N) is 1. The summed E-state index contributed by atoms with van der Waals surface area (Å²) in [5.74, 6) is -0.898. The molecule has 0 saturated carbocycles. The molecule has 1 atom stereocenters. The molecule has 1 unspecified atom stereocenters. The molecule has 0 fully saturated rings. The van der Waals surface area contributed by atoms with Gasteiger partial charge in [-0.25, -0.2) is 0 Å². The smallest absolute Gasteiger partial charge is 0.295 e. The summed E-state index contributed by atoms with van der Waals surface area (Å²) >= 11 is 0. The van der Waals surface area contributed by atoms with Crippen molar-refractivity contribution in [3.05, 3.63) is 66.1 Å². The monoisotopic (exact) mass is 432 g/mol. The zero-order chi connectivity index (χ0) is 22.9. The first kappa shape index (κ1) is 21.3. The lowest BCUT2D eigenvalue weighted by Gasteiger charge is -2.31. The van der Waals surface area contributed by atoms with Gasteiger partial charge in [0.05, 0.1) is 16.9 Å². The number of nitrogens with zero attached hydrogens (tertiary/aromatic N) is 2. The Morgan fingerprint density at radius 1 is 1.19 bits per heavy atom. The van der Waals surface area contributed by atoms with Crippen LogP contribution in [0.2, 0.25) is 0 Å². The molecule has 1 aliphatic rings. The summed E-state index contributed by atoms with van der Waals surface area (Å²) in [5, 5.41) is 3.36. The zero-order valence-corrected chi connectivity index (χ0v) is 17.9. The number of ketones is 1. The van der Waals surface area contributed by atoms with E-state index in [9.17, 15) is 14.4 Å². The van der Waals surface area contributed by atoms with Gasteiger partial charge in [0.25, 0.3) is 18.6 Å². The number of hydrogen-bond donors (Lipinski definition) is 2. The molecule has 3 N–H and O–H groups in total. The standard InChI is InChI=1S/C24H24N4O4/c1-24(2)12-17-19(18(30)13-24)20(27-16-6-4-3-5-7-16)21(15-8-10-26-11-9-15)28(17)23(22(25)31)32-14-29/h3-11,14,23,27H,12-13H2,1-2H3,(H2,25,31). The van der Waals surface area contributed by atoms with Gasteiger partial charge in [0.15, 0.2) is 5.78 Å². The Kier molecular flexibility index (Phi) is 5.52. The molecule has 8 nitrogen and oxygen atoms in total. The van der Waals surface area contributed by atoms with E-state index in [0.717, 1.165) is 5.69 Å². The van der Waals surface area contributed by atoms with Crippen molar-refractivity contribution in [3.8, 4) is 11.3 Å². The van der Waals surface area contributed by atoms with Gasteiger partial charge in [-0.05, 0) is 36.1 Å². The molecule has 32 heavy (non-hydrogen) atoms. The summed E-state index contributed by atoms with van der Waals surface area (Å²) in [6, 6.07) is 12.9. The Hall–Kier alpha value is -3.94. The lowest BCUT2D eigenvalue weighted by atomic mass is 9.76. The number of carbonyl (C=O) groups excluding carboxylic acids is 3. The summed E-state index contributed by atoms with van der Waals surface area (Å²) in [6.45, 7) is 4.17. The van der Waals surface area contributed by atoms with Crippen LogP contribution >= 0.6 is 0 Å². The van der Waals surface area contributed by atoms with Gasteiger partial charge in [0.2, 0.25) is 0 Å². The van der Waals surface area contributed by atoms with Crippen molar-refractivity contribution in [2.75, 3.05) is 5.32 Å². The summed E-state index contributed by atoms with van der Waals surface area (Å²) in [5.41, 5.74) is 8.90. The molecule has 3 aromatic rings. The van der Waals surface area contributed by atoms with Crippen LogP contribution in [0.1, 0.15) is 42.5 Å². The molecule has 1 aliphatic carbocycles. The fraction of sp³-hybridized carbons (Fsp3) is 0.250. The average Bonchev–Trinajstić information content (AvgIpc) is 3.05. The van der Waals surface area contributed by atoms with E-state index in [-0.39, 0.29) is 17.7 Å². The molecule has 2 heterocycles. The van der Waals surface area contributed by atoms with Gasteiger partial charge in [0.1, 0.15) is 0 Å². The quantitative estimate of drug-likeness (QED) is 0.551. The first-order valence-corrected chi connectivity index (χ1v) is 10.2. The van der Waals surface area contributed by atoms with E-state index in [4.69, 9.17) is 10.5 Å². The van der Waals surface area contributed by atoms with Crippen molar-refractivity contribution in [3.63, 3.8) is 0 Å². The largest absolute Gasteiger partial charge is 0.434 e. The van der Waals surface area contributed by atoms with Crippen LogP contribution in [-0.4, -0.2) is 27.7 Å². The number of carbonyl (C=O) groups is 3. The first-order chi connectivity index (χ1) is 15.3. The lowest BCUT2D eigenvalue weighted by molar-refractivity contribution is -0.149. The Morgan fingerprint density at radius 3 is 2.50 bits per heavy atom. The minimum Gasteiger partial charge on any atom is -0.434 e. The third-order valence-corrected chi connectivity index (χ3v) is 5.53. The molecule has 1 amide bonds. The highest BCUT2D eigenvalue weighted by atomic mass is 16.5. The third kappa shape index (κ3) is 3.87. The van der Waals surface area contributed by atoms with Crippen molar-refractivity contribution in [2.45, 2.75) is 32.9 Å². The number of amides is 1. The van der Waals surface area contributed by atoms with Crippen LogP contribution in [0.4, 0.5) is 11.4 Å². The van der Waals surface area contributed by atoms with E-state index in [1.807, 2.05) is 44.2 Å². The number of aromatic nitrogens is 2. The second-order valence-electron chi connectivity index (χ2n) is 8.57. The average molecular weight is 432 g/mol. The van der Waals surface area contributed by atoms with E-state index >= 15 is 0 Å². The Balaban J connectivity index is 2.07. The number of rotatable bonds is 7. The number of Topliss-reactive ketones (excluding diaryl/α,β-unsaturated/α-hetero) is 1. The molecule has 2 aromatic heterocycles. The van der Waals surface area contributed by atoms with Gasteiger partial charge in [-0.3, -0.25) is 23.9 Å². The van der Waals surface area contributed by atoms with Crippen LogP contribution in [0.3, 0.4) is 0 Å². The van der Waals surface area contributed by atoms with E-state index in [1.54, 1.807) is 29.1 Å². The maximum atomic E-state index is 13.4. The van der Waals surface area contributed by atoms with Crippen LogP contribution in [-0.2, 0) is 20.7 Å². The third-order valence-electron chi connectivity index (χ3n) is 5.53. The number of ether oxygens (including phenoxy) is 1. The van der Waals surface area contributed by atoms with Crippen LogP contribution in [0.15, 0.2) is 54.9 Å². The summed E-state index contributed by atoms with van der Waals surface area (Å²) < 4.78 is 6.71. The number of pyridine rings is 1. The highest BCUT2D eigenvalue weighted by Crippen LogP contribution is 2.46. The minimum absolute atomic E-state index is 0.0574. The highest BCUT2D eigenvalue weighted by molar-refractivity contribution is 6.08. The molecule has 4 rings (SSSR count). The summed E-state index contributed by atoms with van der Waals surface area (Å²) in [6.07, 6.45) is 2.67. The van der Waals surface area contributed by atoms with E-state index in [2.05, 4.69) is 10.3 Å². The molecular weight excluding hydrogens is 408 g/mol. The number of benzene rings is 1. The summed E-state index contributed by atoms with van der Waals surface area (Å²) in [7, 11) is 0. The molecule has 0 radical (unpaired) electrons. The normalized spacial score (nSPS) is 15.5. The second kappa shape index (κ2) is 8.30. The second-order valence-corrected chi connectivity index (χ2v) is 8.57. The van der Waals surface area contributed by atoms with Crippen LogP contribution in [0, 0.1) is 5.41 Å². The molecule has 164 valence electrons. The Labute approximate surface area is 185 Å². The van der Waals surface area contributed by atoms with Gasteiger partial charge in [-0.2, -0.15) is 0 Å². The maximum absolute atomic E-state index is 13.4. The van der Waals surface area contributed by atoms with Crippen molar-refractivity contribution in [1.82, 2.24) is 9.55 Å². The molecule has 0 saturated heterocycles. The number of hydrogen-bond acceptors (Lipinski definition) is 6. The molecule has 0 spiro atoms. The number of anilines is 2. The molecule has 0 bridgehead atoms. The van der Waals surface area contributed by atoms with Crippen LogP contribution in [0.5, 0.6) is 0 Å². The van der Waals surface area contributed by atoms with E-state index < -0.39 is 12.1 Å². The fourth-order valence-electron chi connectivity index (χ4n) is 4.30. The Bertz CT molecular complexity index is 1170. The zero-order valence-electron chi connectivity index (χ0n) is 17.9. The number of nitrogens with two attached hydrogens (primary N) is 1. The van der Waals surface area contributed by atoms with Crippen LogP contribution in [0.25, 0.3) is 11.3 Å². The van der Waals surface area contributed by atoms with Crippen LogP contribution < -0.4 is 11.1 Å². The molecule has 0 aliphatic heterocycles. The fourth-order valence-corrected chi connectivity index (χ4v) is 4.30. The van der Waals surface area contributed by atoms with Gasteiger partial charge in [0, 0.05) is 35.8 Å². The van der Waals surface area contributed by atoms with Gasteiger partial charge < -0.3 is 15.8 Å². The lowest BCUT2D eigenvalue weighted by Crippen LogP contribution is -2.34. The van der Waals surface area contributed by atoms with Gasteiger partial charge in [-0.1, -0.05) is 32.0 Å². The number of primary amides is 1. The van der Waals surface area contributed by atoms with Gasteiger partial charge >= 0.3 is 0 Å². The number of fused-ring (bicyclic) bond motifs is 1. The summed E-state index contributed by atoms with van der Waals surface area (Å²) in [4.78, 5) is 41.1. The van der Waals surface area contributed by atoms with E-state index in [0.29, 0.717) is 41.0 Å². The number of para-hydroxylation sites is 1. The predicted octanol–water partition coefficient (Wildman–Crippen LogP) is 3.61. The van der Waals surface area contributed by atoms with Crippen molar-refractivity contribution in [1.29, 1.82) is 0 Å². The predicted molar refractivity (Wildman–Crippen MR) is 119 cm³/mol. The molecule has 8 heteroatoms. The minimum atomic E-state index is -1.41. The highest BCUT2D eigenvalue weighted by Gasteiger charge is 2.41. The SMILES string of the molecule is CC1(C)CC(=O)c2c(Nc3ccccc3)c(-c3ccncc3)n(C(OC=O)C(N)=O)c2C1. The first-order valence-electron chi connectivity index (χ1n) is 10.2. The van der Waals surface area contributed by atoms with Crippen molar-refractivity contribution in [2.24, 2.45) is 11.1 Å². The topological polar surface area (TPSA) is 116 Å². The molecule has 1 aromatic carbocycles. The Morgan fingerprint density at radius 2 is 1.88 bits per heavy atom. The maximum Gasteiger partial charge on any atom is 0.295 e. The van der Waals surface area contributed by atoms with Crippen molar-refractivity contribution >= 4 is 29.5 Å². The van der Waals surface area contributed by atoms with E-state index in [1.165, 1.54) is 0 Å². The van der Waals surface area contributed by atoms with Gasteiger partial charge in [-0.15, -0.1) is 0 Å².